The van der Waals surface area contributed by atoms with E-state index >= 15 is 0 Å². The zero-order chi connectivity index (χ0) is 36.9. The van der Waals surface area contributed by atoms with E-state index in [1.54, 1.807) is 13.2 Å². The Morgan fingerprint density at radius 1 is 0.547 bits per heavy atom. The van der Waals surface area contributed by atoms with Crippen LogP contribution in [-0.2, 0) is 42.4 Å². The number of methoxy groups -OCH3 is 1. The van der Waals surface area contributed by atoms with Gasteiger partial charge in [0.2, 0.25) is 0 Å². The third-order valence-electron chi connectivity index (χ3n) is 8.69. The number of ether oxygens (including phenoxy) is 4. The van der Waals surface area contributed by atoms with E-state index < -0.39 is 29.2 Å². The van der Waals surface area contributed by atoms with E-state index in [4.69, 9.17) is 18.9 Å². The fourth-order valence-electron chi connectivity index (χ4n) is 6.23. The summed E-state index contributed by atoms with van der Waals surface area (Å²) >= 11 is 0. The van der Waals surface area contributed by atoms with Gasteiger partial charge in [0.05, 0.1) is 7.11 Å². The van der Waals surface area contributed by atoms with E-state index in [1.807, 2.05) is 192 Å². The Balaban J connectivity index is 0.000000287. The van der Waals surface area contributed by atoms with Crippen LogP contribution in [0.5, 0.6) is 11.5 Å². The quantitative estimate of drug-likeness (QED) is 0.0894. The molecule has 0 spiro atoms. The van der Waals surface area contributed by atoms with Crippen molar-refractivity contribution in [1.82, 2.24) is 0 Å². The maximum atomic E-state index is 12.6. The molecule has 5 aromatic carbocycles. The molecule has 1 saturated heterocycles. The van der Waals surface area contributed by atoms with Crippen molar-refractivity contribution < 1.29 is 50.9 Å². The Morgan fingerprint density at radius 2 is 0.849 bits per heavy atom. The topological polar surface area (TPSA) is 77.4 Å². The molecule has 0 bridgehead atoms. The predicted octanol–water partition coefficient (Wildman–Crippen LogP) is 8.82. The number of hydrogen-bond donors (Lipinski definition) is 2. The van der Waals surface area contributed by atoms with Crippen LogP contribution < -0.4 is 9.47 Å². The monoisotopic (exact) mass is 742 g/mol. The van der Waals surface area contributed by atoms with E-state index in [0.29, 0.717) is 22.3 Å². The van der Waals surface area contributed by atoms with Crippen LogP contribution in [0.4, 0.5) is 0 Å². The molecule has 5 radical (unpaired) electrons. The van der Waals surface area contributed by atoms with Gasteiger partial charge in [0.1, 0.15) is 34.9 Å². The van der Waals surface area contributed by atoms with E-state index in [0.717, 1.165) is 11.5 Å². The molecule has 7 rings (SSSR count). The van der Waals surface area contributed by atoms with Gasteiger partial charge in [-0.3, -0.25) is 0 Å². The first-order valence-corrected chi connectivity index (χ1v) is 17.2. The minimum absolute atomic E-state index is 0. The van der Waals surface area contributed by atoms with Gasteiger partial charge in [0.15, 0.2) is 5.79 Å². The van der Waals surface area contributed by atoms with Gasteiger partial charge in [-0.25, -0.2) is 6.92 Å². The third-order valence-corrected chi connectivity index (χ3v) is 8.69. The largest absolute Gasteiger partial charge is 2.00 e. The average molecular weight is 743 g/mol. The van der Waals surface area contributed by atoms with Gasteiger partial charge in [-0.05, 0) is 92.5 Å². The average Bonchev–Trinajstić information content (AvgIpc) is 3.90. The van der Waals surface area contributed by atoms with Crippen molar-refractivity contribution in [2.75, 3.05) is 7.11 Å². The van der Waals surface area contributed by atoms with Crippen LogP contribution in [-0.4, -0.2) is 35.3 Å². The van der Waals surface area contributed by atoms with E-state index in [2.05, 4.69) is 6.92 Å². The van der Waals surface area contributed by atoms with Crippen LogP contribution in [0.15, 0.2) is 158 Å². The molecule has 7 heteroatoms. The van der Waals surface area contributed by atoms with E-state index in [9.17, 15) is 10.2 Å². The molecule has 1 aliphatic carbocycles. The molecule has 2 fully saturated rings. The Labute approximate surface area is 330 Å². The first kappa shape index (κ1) is 41.6. The van der Waals surface area contributed by atoms with Crippen molar-refractivity contribution in [2.24, 2.45) is 0 Å². The molecular formula is C46H46O6Ti+. The minimum Gasteiger partial charge on any atom is -0.553 e. The molecule has 6 nitrogen and oxygen atoms in total. The summed E-state index contributed by atoms with van der Waals surface area (Å²) in [5, 5.41) is 25.2. The first-order chi connectivity index (χ1) is 25.2. The summed E-state index contributed by atoms with van der Waals surface area (Å²) in [6.07, 6.45) is 11.2. The van der Waals surface area contributed by atoms with Gasteiger partial charge in [0.25, 0.3) is 0 Å². The molecule has 2 aliphatic rings. The van der Waals surface area contributed by atoms with Gasteiger partial charge < -0.3 is 29.2 Å². The fraction of sp³-hybridized carbons (Fsp3) is 0.174. The molecule has 5 aromatic rings. The number of benzene rings is 5. The van der Waals surface area contributed by atoms with Crippen LogP contribution in [0.3, 0.4) is 0 Å². The minimum atomic E-state index is -1.60. The van der Waals surface area contributed by atoms with Crippen LogP contribution >= 0.6 is 0 Å². The third kappa shape index (κ3) is 10.3. The molecule has 0 aromatic heterocycles. The first-order valence-electron chi connectivity index (χ1n) is 17.2. The number of hydrogen-bond acceptors (Lipinski definition) is 6. The second kappa shape index (κ2) is 19.8. The summed E-state index contributed by atoms with van der Waals surface area (Å²) in [4.78, 5) is 0. The maximum absolute atomic E-state index is 12.6. The van der Waals surface area contributed by atoms with E-state index in [-0.39, 0.29) is 21.7 Å². The van der Waals surface area contributed by atoms with Crippen LogP contribution in [0.1, 0.15) is 36.1 Å². The summed E-state index contributed by atoms with van der Waals surface area (Å²) in [6, 6.07) is 45.1. The van der Waals surface area contributed by atoms with Gasteiger partial charge in [0, 0.05) is 0 Å². The van der Waals surface area contributed by atoms with Crippen LogP contribution in [0.25, 0.3) is 0 Å². The molecule has 2 N–H and O–H groups in total. The van der Waals surface area contributed by atoms with Crippen LogP contribution in [0.2, 0.25) is 0 Å². The standard InChI is InChI=1S/C31H30O4.C10H11O2.C5H5.Ti/c1-29(2)34-27(30(32,23-15-7-3-8-16-23)24-17-9-4-10-18-24)28(35-29)31(33,25-19-11-5-12-20-25)26-21-13-6-14-22-26;1-3-8-12-10-6-4-9(11-2)5-7-10;1-2-4-5-3-1;/h3-22,27-28,32-33H,1-2H3;3-8H,1H2,2H3;1-5H;/q;-1;;+2/b;8-3+;;/t27-,28-;;;/m1.../s1. The number of aliphatic hydroxyl groups is 2. The Hall–Kier alpha value is -4.14. The molecule has 0 amide bonds. The number of allylic oxidation sites excluding steroid dienone is 1. The molecule has 1 heterocycles. The SMILES string of the molecule is CC1(C)O[C@@H](C(O)(c2ccccc2)c2ccccc2)[C@H](C(O)(c2ccccc2)c2ccccc2)O1.[CH2-]/C=C/Oc1ccc(OC)cc1.[CH]1[CH][CH][CH][CH]1.[Ti+2]. The zero-order valence-electron chi connectivity index (χ0n) is 30.3. The Morgan fingerprint density at radius 3 is 1.13 bits per heavy atom. The molecule has 1 saturated carbocycles. The van der Waals surface area contributed by atoms with E-state index in [1.165, 1.54) is 6.26 Å². The molecule has 1 aliphatic heterocycles. The van der Waals surface area contributed by atoms with Crippen molar-refractivity contribution >= 4 is 0 Å². The van der Waals surface area contributed by atoms with Crippen molar-refractivity contribution in [1.29, 1.82) is 0 Å². The summed E-state index contributed by atoms with van der Waals surface area (Å²) < 4.78 is 23.1. The molecule has 0 unspecified atom stereocenters. The van der Waals surface area contributed by atoms with Crippen molar-refractivity contribution in [3.8, 4) is 11.5 Å². The fourth-order valence-corrected chi connectivity index (χ4v) is 6.23. The Bertz CT molecular complexity index is 1590. The van der Waals surface area contributed by atoms with Gasteiger partial charge in [-0.1, -0.05) is 128 Å². The maximum Gasteiger partial charge on any atom is 2.00 e. The van der Waals surface area contributed by atoms with Gasteiger partial charge in [-0.15, -0.1) is 0 Å². The van der Waals surface area contributed by atoms with Gasteiger partial charge >= 0.3 is 21.7 Å². The van der Waals surface area contributed by atoms with Gasteiger partial charge in [-0.2, -0.15) is 6.08 Å². The summed E-state index contributed by atoms with van der Waals surface area (Å²) in [7, 11) is 1.63. The molecule has 53 heavy (non-hydrogen) atoms. The molecule has 2 atom stereocenters. The normalized spacial score (nSPS) is 17.8. The summed E-state index contributed by atoms with van der Waals surface area (Å²) in [5.74, 6) is 0.543. The van der Waals surface area contributed by atoms with Crippen LogP contribution in [0, 0.1) is 39.0 Å². The summed E-state index contributed by atoms with van der Waals surface area (Å²) in [6.45, 7) is 7.13. The summed E-state index contributed by atoms with van der Waals surface area (Å²) in [5.41, 5.74) is -0.564. The zero-order valence-corrected chi connectivity index (χ0v) is 31.8. The second-order valence-electron chi connectivity index (χ2n) is 12.6. The predicted molar refractivity (Wildman–Crippen MR) is 205 cm³/mol. The molecule has 269 valence electrons. The van der Waals surface area contributed by atoms with Crippen molar-refractivity contribution in [2.45, 2.75) is 43.0 Å². The van der Waals surface area contributed by atoms with Crippen molar-refractivity contribution in [3.63, 3.8) is 0 Å². The smallest absolute Gasteiger partial charge is 0.553 e. The second-order valence-corrected chi connectivity index (χ2v) is 12.6. The molecular weight excluding hydrogens is 696 g/mol. The Kier molecular flexibility index (Phi) is 15.5. The van der Waals surface area contributed by atoms with Crippen molar-refractivity contribution in [3.05, 3.63) is 219 Å². The number of rotatable bonds is 9.